The zero-order chi connectivity index (χ0) is 17.2. The van der Waals surface area contributed by atoms with Crippen LogP contribution in [-0.4, -0.2) is 22.1 Å². The van der Waals surface area contributed by atoms with Crippen LogP contribution in [-0.2, 0) is 6.54 Å². The van der Waals surface area contributed by atoms with Gasteiger partial charge >= 0.3 is 0 Å². The van der Waals surface area contributed by atoms with Crippen LogP contribution < -0.4 is 0 Å². The minimum atomic E-state index is 0.0967. The molecule has 0 aliphatic carbocycles. The molecule has 0 aliphatic heterocycles. The zero-order valence-electron chi connectivity index (χ0n) is 14.2. The van der Waals surface area contributed by atoms with E-state index in [1.54, 1.807) is 0 Å². The molecule has 0 unspecified atom stereocenters. The van der Waals surface area contributed by atoms with E-state index in [1.807, 2.05) is 55.6 Å². The summed E-state index contributed by atoms with van der Waals surface area (Å²) in [6.45, 7) is 2.66. The van der Waals surface area contributed by atoms with Gasteiger partial charge in [-0.3, -0.25) is 4.90 Å². The molecule has 0 radical (unpaired) electrons. The molecule has 2 aromatic carbocycles. The molecule has 0 spiro atoms. The monoisotopic (exact) mass is 333 g/mol. The number of rotatable bonds is 5. The smallest absolute Gasteiger partial charge is 0.247 e. The first kappa shape index (κ1) is 15.6. The number of hydrogen-bond acceptors (Lipinski definition) is 5. The molecule has 5 heteroatoms. The fourth-order valence-electron chi connectivity index (χ4n) is 2.79. The summed E-state index contributed by atoms with van der Waals surface area (Å²) in [5, 5.41) is 9.41. The molecule has 1 atom stereocenters. The van der Waals surface area contributed by atoms with Crippen LogP contribution in [0.15, 0.2) is 69.5 Å². The van der Waals surface area contributed by atoms with Gasteiger partial charge in [-0.1, -0.05) is 36.4 Å². The Bertz CT molecular complexity index is 942. The molecular weight excluding hydrogens is 314 g/mol. The molecule has 25 heavy (non-hydrogen) atoms. The number of hydrogen-bond donors (Lipinski definition) is 0. The second-order valence-corrected chi connectivity index (χ2v) is 6.14. The molecule has 0 fully saturated rings. The SMILES string of the molecule is C[C@@H](c1cc2ccccc2o1)N(C)Cc1nnc(-c2ccccc2)o1. The van der Waals surface area contributed by atoms with Gasteiger partial charge in [-0.05, 0) is 38.2 Å². The van der Waals surface area contributed by atoms with Gasteiger partial charge in [0.2, 0.25) is 11.8 Å². The predicted octanol–water partition coefficient (Wildman–Crippen LogP) is 4.68. The van der Waals surface area contributed by atoms with Crippen molar-refractivity contribution >= 4 is 11.0 Å². The molecular formula is C20H19N3O2. The summed E-state index contributed by atoms with van der Waals surface area (Å²) in [6, 6.07) is 20.0. The Morgan fingerprint density at radius 1 is 0.960 bits per heavy atom. The third kappa shape index (κ3) is 3.19. The van der Waals surface area contributed by atoms with Crippen molar-refractivity contribution in [2.45, 2.75) is 19.5 Å². The lowest BCUT2D eigenvalue weighted by Gasteiger charge is -2.20. The summed E-state index contributed by atoms with van der Waals surface area (Å²) in [5.74, 6) is 2.05. The van der Waals surface area contributed by atoms with Crippen LogP contribution in [0, 0.1) is 0 Å². The van der Waals surface area contributed by atoms with E-state index in [4.69, 9.17) is 8.83 Å². The first-order chi connectivity index (χ1) is 12.2. The number of fused-ring (bicyclic) bond motifs is 1. The first-order valence-electron chi connectivity index (χ1n) is 8.27. The minimum Gasteiger partial charge on any atom is -0.459 e. The molecule has 0 bridgehead atoms. The molecule has 0 amide bonds. The zero-order valence-corrected chi connectivity index (χ0v) is 14.2. The lowest BCUT2D eigenvalue weighted by molar-refractivity contribution is 0.207. The van der Waals surface area contributed by atoms with Crippen LogP contribution in [0.25, 0.3) is 22.4 Å². The van der Waals surface area contributed by atoms with Gasteiger partial charge in [0.05, 0.1) is 12.6 Å². The second kappa shape index (κ2) is 6.53. The van der Waals surface area contributed by atoms with Crippen molar-refractivity contribution in [2.75, 3.05) is 7.05 Å². The Morgan fingerprint density at radius 3 is 2.52 bits per heavy atom. The molecule has 0 aliphatic rings. The van der Waals surface area contributed by atoms with Crippen LogP contribution in [0.3, 0.4) is 0 Å². The largest absolute Gasteiger partial charge is 0.459 e. The van der Waals surface area contributed by atoms with E-state index in [0.717, 1.165) is 22.3 Å². The van der Waals surface area contributed by atoms with Gasteiger partial charge in [0, 0.05) is 10.9 Å². The fourth-order valence-corrected chi connectivity index (χ4v) is 2.79. The summed E-state index contributed by atoms with van der Waals surface area (Å²) in [4.78, 5) is 2.12. The number of nitrogens with zero attached hydrogens (tertiary/aromatic N) is 3. The summed E-state index contributed by atoms with van der Waals surface area (Å²) >= 11 is 0. The van der Waals surface area contributed by atoms with Crippen molar-refractivity contribution in [3.63, 3.8) is 0 Å². The standard InChI is InChI=1S/C20H19N3O2/c1-14(18-12-16-10-6-7-11-17(16)24-18)23(2)13-19-21-22-20(25-19)15-8-4-3-5-9-15/h3-12,14H,13H2,1-2H3/t14-/m0/s1. The second-order valence-electron chi connectivity index (χ2n) is 6.14. The highest BCUT2D eigenvalue weighted by molar-refractivity contribution is 5.77. The maximum atomic E-state index is 5.95. The molecule has 4 rings (SSSR count). The number of benzene rings is 2. The molecule has 0 saturated heterocycles. The van der Waals surface area contributed by atoms with Gasteiger partial charge in [-0.25, -0.2) is 0 Å². The number of aromatic nitrogens is 2. The Morgan fingerprint density at radius 2 is 1.72 bits per heavy atom. The van der Waals surface area contributed by atoms with E-state index < -0.39 is 0 Å². The average Bonchev–Trinajstić information content (AvgIpc) is 3.28. The van der Waals surface area contributed by atoms with E-state index in [-0.39, 0.29) is 6.04 Å². The average molecular weight is 333 g/mol. The lowest BCUT2D eigenvalue weighted by Crippen LogP contribution is -2.21. The van der Waals surface area contributed by atoms with Gasteiger partial charge in [0.1, 0.15) is 11.3 Å². The Hall–Kier alpha value is -2.92. The maximum Gasteiger partial charge on any atom is 0.247 e. The van der Waals surface area contributed by atoms with Gasteiger partial charge < -0.3 is 8.83 Å². The third-order valence-electron chi connectivity index (χ3n) is 4.39. The molecule has 4 aromatic rings. The van der Waals surface area contributed by atoms with Gasteiger partial charge in [-0.2, -0.15) is 0 Å². The van der Waals surface area contributed by atoms with E-state index in [0.29, 0.717) is 18.3 Å². The highest BCUT2D eigenvalue weighted by Crippen LogP contribution is 2.27. The van der Waals surface area contributed by atoms with Crippen LogP contribution in [0.1, 0.15) is 24.6 Å². The topological polar surface area (TPSA) is 55.3 Å². The summed E-state index contributed by atoms with van der Waals surface area (Å²) in [6.07, 6.45) is 0. The van der Waals surface area contributed by atoms with Gasteiger partial charge in [-0.15, -0.1) is 10.2 Å². The Balaban J connectivity index is 1.49. The third-order valence-corrected chi connectivity index (χ3v) is 4.39. The maximum absolute atomic E-state index is 5.95. The predicted molar refractivity (Wildman–Crippen MR) is 95.8 cm³/mol. The summed E-state index contributed by atoms with van der Waals surface area (Å²) in [7, 11) is 2.02. The van der Waals surface area contributed by atoms with Crippen LogP contribution in [0.2, 0.25) is 0 Å². The Labute approximate surface area is 145 Å². The van der Waals surface area contributed by atoms with E-state index in [9.17, 15) is 0 Å². The summed E-state index contributed by atoms with van der Waals surface area (Å²) < 4.78 is 11.7. The fraction of sp³-hybridized carbons (Fsp3) is 0.200. The van der Waals surface area contributed by atoms with E-state index in [1.165, 1.54) is 0 Å². The van der Waals surface area contributed by atoms with Crippen molar-refractivity contribution in [3.05, 3.63) is 72.3 Å². The van der Waals surface area contributed by atoms with Crippen molar-refractivity contribution in [1.82, 2.24) is 15.1 Å². The van der Waals surface area contributed by atoms with E-state index in [2.05, 4.69) is 34.2 Å². The quantitative estimate of drug-likeness (QED) is 0.531. The highest BCUT2D eigenvalue weighted by Gasteiger charge is 2.19. The van der Waals surface area contributed by atoms with E-state index >= 15 is 0 Å². The summed E-state index contributed by atoms with van der Waals surface area (Å²) in [5.41, 5.74) is 1.83. The van der Waals surface area contributed by atoms with Crippen molar-refractivity contribution < 1.29 is 8.83 Å². The van der Waals surface area contributed by atoms with Gasteiger partial charge in [0.15, 0.2) is 0 Å². The minimum absolute atomic E-state index is 0.0967. The van der Waals surface area contributed by atoms with Crippen molar-refractivity contribution in [3.8, 4) is 11.5 Å². The first-order valence-corrected chi connectivity index (χ1v) is 8.27. The molecule has 0 N–H and O–H groups in total. The number of para-hydroxylation sites is 1. The normalized spacial score (nSPS) is 12.8. The molecule has 2 aromatic heterocycles. The Kier molecular flexibility index (Phi) is 4.07. The van der Waals surface area contributed by atoms with Crippen molar-refractivity contribution in [1.29, 1.82) is 0 Å². The molecule has 0 saturated carbocycles. The molecule has 126 valence electrons. The van der Waals surface area contributed by atoms with Crippen LogP contribution in [0.4, 0.5) is 0 Å². The lowest BCUT2D eigenvalue weighted by atomic mass is 10.2. The molecule has 2 heterocycles. The number of furan rings is 1. The molecule has 5 nitrogen and oxygen atoms in total. The highest BCUT2D eigenvalue weighted by atomic mass is 16.4. The van der Waals surface area contributed by atoms with Crippen LogP contribution in [0.5, 0.6) is 0 Å². The van der Waals surface area contributed by atoms with Crippen molar-refractivity contribution in [2.24, 2.45) is 0 Å². The van der Waals surface area contributed by atoms with Crippen LogP contribution >= 0.6 is 0 Å². The van der Waals surface area contributed by atoms with Gasteiger partial charge in [0.25, 0.3) is 0 Å².